The highest BCUT2D eigenvalue weighted by Gasteiger charge is 2.47. The molecule has 152 valence electrons. The number of esters is 3. The number of carbonyl (C=O) groups is 3. The average Bonchev–Trinajstić information content (AvgIpc) is 2.59. The van der Waals surface area contributed by atoms with E-state index in [-0.39, 0.29) is 11.8 Å². The van der Waals surface area contributed by atoms with Gasteiger partial charge in [-0.3, -0.25) is 14.4 Å². The predicted octanol–water partition coefficient (Wildman–Crippen LogP) is 1.09. The maximum absolute atomic E-state index is 11.6. The number of thiocarbonyl (C=S) groups is 1. The Morgan fingerprint density at radius 1 is 0.964 bits per heavy atom. The van der Waals surface area contributed by atoms with Gasteiger partial charge in [0.1, 0.15) is 5.75 Å². The van der Waals surface area contributed by atoms with E-state index in [1.807, 2.05) is 6.07 Å². The van der Waals surface area contributed by atoms with Crippen LogP contribution in [0.5, 0.6) is 5.75 Å². The Hall–Kier alpha value is -2.72. The number of hydrogen-bond donors (Lipinski definition) is 1. The summed E-state index contributed by atoms with van der Waals surface area (Å²) in [5, 5.41) is 2.74. The topological polar surface area (TPSA) is 109 Å². The largest absolute Gasteiger partial charge is 0.456 e. The first-order chi connectivity index (χ1) is 13.3. The van der Waals surface area contributed by atoms with Crippen LogP contribution in [0.25, 0.3) is 0 Å². The first-order valence-corrected chi connectivity index (χ1v) is 8.83. The fraction of sp³-hybridized carbons (Fsp3) is 0.444. The minimum Gasteiger partial charge on any atom is -0.456 e. The third-order valence-electron chi connectivity index (χ3n) is 3.56. The lowest BCUT2D eigenvalue weighted by Crippen LogP contribution is -2.62. The highest BCUT2D eigenvalue weighted by Crippen LogP contribution is 2.23. The molecule has 1 aromatic carbocycles. The van der Waals surface area contributed by atoms with Crippen molar-refractivity contribution >= 4 is 35.3 Å². The molecule has 28 heavy (non-hydrogen) atoms. The van der Waals surface area contributed by atoms with Gasteiger partial charge >= 0.3 is 17.9 Å². The highest BCUT2D eigenvalue weighted by atomic mass is 32.1. The van der Waals surface area contributed by atoms with E-state index >= 15 is 0 Å². The molecular weight excluding hydrogens is 390 g/mol. The molecule has 1 heterocycles. The number of benzene rings is 1. The summed E-state index contributed by atoms with van der Waals surface area (Å²) in [7, 11) is 0. The Morgan fingerprint density at radius 3 is 2.11 bits per heavy atom. The van der Waals surface area contributed by atoms with Gasteiger partial charge in [-0.2, -0.15) is 0 Å². The normalized spacial score (nSPS) is 23.8. The van der Waals surface area contributed by atoms with E-state index in [2.05, 4.69) is 5.32 Å². The molecule has 1 aliphatic rings. The molecule has 0 unspecified atom stereocenters. The standard InChI is InChI=1S/C18H21NO8S/c1-10(20)24-14-9-23-17(16(26-12(3)22)15(14)25-11(2)21)19-18(28)27-13-7-5-4-6-8-13/h4-8,14-17H,9H2,1-3H3,(H,19,28)/t14-,15+,16+,17-/m0/s1. The molecule has 0 bridgehead atoms. The monoisotopic (exact) mass is 411 g/mol. The van der Waals surface area contributed by atoms with Crippen LogP contribution >= 0.6 is 12.2 Å². The number of carbonyl (C=O) groups excluding carboxylic acids is 3. The zero-order valence-corrected chi connectivity index (χ0v) is 16.4. The molecule has 0 radical (unpaired) electrons. The van der Waals surface area contributed by atoms with E-state index < -0.39 is 42.4 Å². The van der Waals surface area contributed by atoms with Crippen molar-refractivity contribution in [3.05, 3.63) is 30.3 Å². The van der Waals surface area contributed by atoms with Crippen LogP contribution in [0.4, 0.5) is 0 Å². The molecule has 9 nitrogen and oxygen atoms in total. The van der Waals surface area contributed by atoms with Gasteiger partial charge < -0.3 is 29.0 Å². The van der Waals surface area contributed by atoms with Crippen molar-refractivity contribution < 1.29 is 38.1 Å². The van der Waals surface area contributed by atoms with Gasteiger partial charge in [-0.05, 0) is 24.4 Å². The number of nitrogens with one attached hydrogen (secondary N) is 1. The van der Waals surface area contributed by atoms with Crippen LogP contribution < -0.4 is 10.1 Å². The van der Waals surface area contributed by atoms with Gasteiger partial charge in [0.05, 0.1) is 6.61 Å². The third kappa shape index (κ3) is 6.46. The first-order valence-electron chi connectivity index (χ1n) is 8.43. The van der Waals surface area contributed by atoms with Crippen molar-refractivity contribution in [2.75, 3.05) is 6.61 Å². The minimum absolute atomic E-state index is 0.0409. The van der Waals surface area contributed by atoms with Crippen LogP contribution in [0.1, 0.15) is 20.8 Å². The third-order valence-corrected chi connectivity index (χ3v) is 3.77. The zero-order valence-electron chi connectivity index (χ0n) is 15.6. The van der Waals surface area contributed by atoms with E-state index in [4.69, 9.17) is 35.9 Å². The van der Waals surface area contributed by atoms with Gasteiger partial charge in [0, 0.05) is 20.8 Å². The number of rotatable bonds is 5. The molecule has 0 spiro atoms. The number of ether oxygens (including phenoxy) is 5. The summed E-state index contributed by atoms with van der Waals surface area (Å²) in [6.07, 6.45) is -4.16. The van der Waals surface area contributed by atoms with Crippen molar-refractivity contribution in [2.45, 2.75) is 45.3 Å². The van der Waals surface area contributed by atoms with Crippen molar-refractivity contribution in [1.82, 2.24) is 5.32 Å². The van der Waals surface area contributed by atoms with Gasteiger partial charge in [0.25, 0.3) is 5.17 Å². The van der Waals surface area contributed by atoms with Gasteiger partial charge in [-0.15, -0.1) is 0 Å². The maximum Gasteiger partial charge on any atom is 0.303 e. The smallest absolute Gasteiger partial charge is 0.303 e. The zero-order chi connectivity index (χ0) is 20.7. The van der Waals surface area contributed by atoms with Gasteiger partial charge in [-0.1, -0.05) is 18.2 Å². The molecule has 1 aliphatic heterocycles. The molecule has 0 aliphatic carbocycles. The summed E-state index contributed by atoms with van der Waals surface area (Å²) in [6, 6.07) is 8.78. The Balaban J connectivity index is 2.16. The summed E-state index contributed by atoms with van der Waals surface area (Å²) >= 11 is 5.16. The quantitative estimate of drug-likeness (QED) is 0.429. The van der Waals surface area contributed by atoms with Crippen molar-refractivity contribution in [3.8, 4) is 5.75 Å². The molecule has 1 N–H and O–H groups in total. The van der Waals surface area contributed by atoms with Crippen molar-refractivity contribution in [1.29, 1.82) is 0 Å². The minimum atomic E-state index is -1.13. The Labute approximate surface area is 167 Å². The Kier molecular flexibility index (Phi) is 7.70. The molecule has 10 heteroatoms. The Bertz CT molecular complexity index is 726. The second-order valence-electron chi connectivity index (χ2n) is 5.90. The van der Waals surface area contributed by atoms with Crippen LogP contribution in [0.3, 0.4) is 0 Å². The molecule has 1 saturated heterocycles. The van der Waals surface area contributed by atoms with E-state index in [1.165, 1.54) is 20.8 Å². The summed E-state index contributed by atoms with van der Waals surface area (Å²) in [5.41, 5.74) is 0. The SMILES string of the molecule is CC(=O)O[C@@H]1[C@H](OC(C)=O)[C@@H](OC(C)=O)CO[C@@H]1NC(=S)Oc1ccccc1. The van der Waals surface area contributed by atoms with Crippen molar-refractivity contribution in [3.63, 3.8) is 0 Å². The average molecular weight is 411 g/mol. The molecule has 1 aromatic rings. The van der Waals surface area contributed by atoms with Crippen LogP contribution in [0.15, 0.2) is 30.3 Å². The molecule has 0 aromatic heterocycles. The van der Waals surface area contributed by atoms with Crippen LogP contribution in [0, 0.1) is 0 Å². The first kappa shape index (κ1) is 21.6. The van der Waals surface area contributed by atoms with Gasteiger partial charge in [0.2, 0.25) is 0 Å². The lowest BCUT2D eigenvalue weighted by molar-refractivity contribution is -0.228. The lowest BCUT2D eigenvalue weighted by atomic mass is 10.0. The molecule has 4 atom stereocenters. The number of hydrogen-bond acceptors (Lipinski definition) is 9. The van der Waals surface area contributed by atoms with Gasteiger partial charge in [0.15, 0.2) is 24.5 Å². The summed E-state index contributed by atoms with van der Waals surface area (Å²) in [6.45, 7) is 3.48. The van der Waals surface area contributed by atoms with Crippen LogP contribution in [0.2, 0.25) is 0 Å². The van der Waals surface area contributed by atoms with E-state index in [1.54, 1.807) is 24.3 Å². The molecule has 0 saturated carbocycles. The highest BCUT2D eigenvalue weighted by molar-refractivity contribution is 7.80. The van der Waals surface area contributed by atoms with Crippen molar-refractivity contribution in [2.24, 2.45) is 0 Å². The maximum atomic E-state index is 11.6. The van der Waals surface area contributed by atoms with E-state index in [0.717, 1.165) is 0 Å². The molecule has 0 amide bonds. The fourth-order valence-corrected chi connectivity index (χ4v) is 2.82. The molecule has 1 fully saturated rings. The predicted molar refractivity (Wildman–Crippen MR) is 99.2 cm³/mol. The van der Waals surface area contributed by atoms with E-state index in [9.17, 15) is 14.4 Å². The summed E-state index contributed by atoms with van der Waals surface area (Å²) in [5.74, 6) is -1.38. The van der Waals surface area contributed by atoms with Crippen LogP contribution in [-0.4, -0.2) is 54.2 Å². The second kappa shape index (κ2) is 10.00. The van der Waals surface area contributed by atoms with Crippen LogP contribution in [-0.2, 0) is 33.3 Å². The Morgan fingerprint density at radius 2 is 1.54 bits per heavy atom. The fourth-order valence-electron chi connectivity index (χ4n) is 2.61. The lowest BCUT2D eigenvalue weighted by Gasteiger charge is -2.40. The molecular formula is C18H21NO8S. The van der Waals surface area contributed by atoms with E-state index in [0.29, 0.717) is 5.75 Å². The second-order valence-corrected chi connectivity index (χ2v) is 6.27. The summed E-state index contributed by atoms with van der Waals surface area (Å²) in [4.78, 5) is 34.5. The number of para-hydroxylation sites is 1. The van der Waals surface area contributed by atoms with Gasteiger partial charge in [-0.25, -0.2) is 0 Å². The molecule has 2 rings (SSSR count). The summed E-state index contributed by atoms with van der Waals surface area (Å²) < 4.78 is 26.7.